The maximum Gasteiger partial charge on any atom is 0.0580 e. The Hall–Kier alpha value is -0.0800. The third-order valence-electron chi connectivity index (χ3n) is 1.50. The fourth-order valence-electron chi connectivity index (χ4n) is 0.794. The molecule has 0 amide bonds. The zero-order valence-corrected chi connectivity index (χ0v) is 6.61. The van der Waals surface area contributed by atoms with E-state index in [1.165, 1.54) is 0 Å². The largest absolute Gasteiger partial charge is 0.381 e. The van der Waals surface area contributed by atoms with Gasteiger partial charge in [-0.2, -0.15) is 0 Å². The maximum atomic E-state index is 5.16. The van der Waals surface area contributed by atoms with Gasteiger partial charge in [-0.05, 0) is 26.4 Å². The third kappa shape index (κ3) is 4.43. The van der Waals surface area contributed by atoms with Crippen LogP contribution in [0.25, 0.3) is 0 Å². The van der Waals surface area contributed by atoms with Crippen LogP contribution in [0.4, 0.5) is 0 Å². The number of hydrogen-bond acceptors (Lipinski definition) is 2. The van der Waals surface area contributed by atoms with Crippen molar-refractivity contribution in [3.63, 3.8) is 0 Å². The van der Waals surface area contributed by atoms with E-state index < -0.39 is 0 Å². The second-order valence-corrected chi connectivity index (χ2v) is 2.16. The van der Waals surface area contributed by atoms with Crippen molar-refractivity contribution < 1.29 is 4.74 Å². The highest BCUT2D eigenvalue weighted by Crippen LogP contribution is 1.99. The summed E-state index contributed by atoms with van der Waals surface area (Å²) in [4.78, 5) is 0. The minimum absolute atomic E-state index is 0.442. The van der Waals surface area contributed by atoms with Crippen LogP contribution in [-0.4, -0.2) is 26.8 Å². The molecule has 0 spiro atoms. The predicted octanol–water partition coefficient (Wildman–Crippen LogP) is 1.02. The standard InChI is InChI=1S/C7H17NO/c1-4-7(9-3)5-6-8-2/h7-8H,4-6H2,1-3H3. The zero-order chi connectivity index (χ0) is 7.11. The van der Waals surface area contributed by atoms with Crippen molar-refractivity contribution >= 4 is 0 Å². The maximum absolute atomic E-state index is 5.16. The van der Waals surface area contributed by atoms with E-state index in [2.05, 4.69) is 12.2 Å². The quantitative estimate of drug-likeness (QED) is 0.601. The van der Waals surface area contributed by atoms with E-state index in [0.717, 1.165) is 19.4 Å². The van der Waals surface area contributed by atoms with Crippen LogP contribution in [0.1, 0.15) is 19.8 Å². The van der Waals surface area contributed by atoms with Gasteiger partial charge in [-0.3, -0.25) is 0 Å². The van der Waals surface area contributed by atoms with E-state index >= 15 is 0 Å². The van der Waals surface area contributed by atoms with Crippen LogP contribution in [0, 0.1) is 0 Å². The Morgan fingerprint density at radius 3 is 2.56 bits per heavy atom. The summed E-state index contributed by atoms with van der Waals surface area (Å²) in [5, 5.41) is 3.09. The molecular formula is C7H17NO. The normalized spacial score (nSPS) is 13.7. The summed E-state index contributed by atoms with van der Waals surface area (Å²) in [5.41, 5.74) is 0. The van der Waals surface area contributed by atoms with Crippen LogP contribution in [0.15, 0.2) is 0 Å². The van der Waals surface area contributed by atoms with Gasteiger partial charge in [0, 0.05) is 7.11 Å². The summed E-state index contributed by atoms with van der Waals surface area (Å²) in [7, 11) is 3.73. The molecule has 0 radical (unpaired) electrons. The molecule has 0 aromatic rings. The average Bonchev–Trinajstić information content (AvgIpc) is 1.91. The SMILES string of the molecule is CCC(CCNC)OC. The van der Waals surface area contributed by atoms with Gasteiger partial charge in [-0.15, -0.1) is 0 Å². The molecule has 2 heteroatoms. The van der Waals surface area contributed by atoms with Gasteiger partial charge in [0.2, 0.25) is 0 Å². The second-order valence-electron chi connectivity index (χ2n) is 2.16. The molecule has 0 rings (SSSR count). The topological polar surface area (TPSA) is 21.3 Å². The van der Waals surface area contributed by atoms with E-state index in [9.17, 15) is 0 Å². The summed E-state index contributed by atoms with van der Waals surface area (Å²) in [6.07, 6.45) is 2.67. The molecular weight excluding hydrogens is 114 g/mol. The minimum atomic E-state index is 0.442. The second kappa shape index (κ2) is 6.05. The van der Waals surface area contributed by atoms with Crippen molar-refractivity contribution in [1.82, 2.24) is 5.32 Å². The average molecular weight is 131 g/mol. The lowest BCUT2D eigenvalue weighted by Crippen LogP contribution is -2.17. The molecule has 1 unspecified atom stereocenters. The summed E-state index contributed by atoms with van der Waals surface area (Å²) in [6.45, 7) is 3.19. The molecule has 0 aliphatic rings. The van der Waals surface area contributed by atoms with Gasteiger partial charge < -0.3 is 10.1 Å². The van der Waals surface area contributed by atoms with Gasteiger partial charge in [0.05, 0.1) is 6.10 Å². The minimum Gasteiger partial charge on any atom is -0.381 e. The fraction of sp³-hybridized carbons (Fsp3) is 1.00. The first-order valence-corrected chi connectivity index (χ1v) is 3.52. The first-order chi connectivity index (χ1) is 4.35. The summed E-state index contributed by atoms with van der Waals surface area (Å²) in [6, 6.07) is 0. The lowest BCUT2D eigenvalue weighted by Gasteiger charge is -2.11. The molecule has 0 saturated heterocycles. The van der Waals surface area contributed by atoms with Gasteiger partial charge in [0.15, 0.2) is 0 Å². The van der Waals surface area contributed by atoms with E-state index in [1.54, 1.807) is 7.11 Å². The molecule has 56 valence electrons. The van der Waals surface area contributed by atoms with Crippen LogP contribution in [-0.2, 0) is 4.74 Å². The molecule has 0 aromatic carbocycles. The highest BCUT2D eigenvalue weighted by molar-refractivity contribution is 4.54. The summed E-state index contributed by atoms with van der Waals surface area (Å²) in [5.74, 6) is 0. The summed E-state index contributed by atoms with van der Waals surface area (Å²) < 4.78 is 5.16. The highest BCUT2D eigenvalue weighted by atomic mass is 16.5. The molecule has 9 heavy (non-hydrogen) atoms. The molecule has 0 aliphatic heterocycles. The Kier molecular flexibility index (Phi) is 5.99. The van der Waals surface area contributed by atoms with Gasteiger partial charge in [-0.1, -0.05) is 6.92 Å². The van der Waals surface area contributed by atoms with Crippen LogP contribution < -0.4 is 5.32 Å². The Balaban J connectivity index is 3.09. The van der Waals surface area contributed by atoms with Crippen LogP contribution in [0.5, 0.6) is 0 Å². The third-order valence-corrected chi connectivity index (χ3v) is 1.50. The van der Waals surface area contributed by atoms with Crippen LogP contribution >= 0.6 is 0 Å². The number of rotatable bonds is 5. The van der Waals surface area contributed by atoms with Crippen molar-refractivity contribution in [1.29, 1.82) is 0 Å². The highest BCUT2D eigenvalue weighted by Gasteiger charge is 2.00. The molecule has 1 atom stereocenters. The number of ether oxygens (including phenoxy) is 1. The zero-order valence-electron chi connectivity index (χ0n) is 6.61. The van der Waals surface area contributed by atoms with Crippen molar-refractivity contribution in [2.75, 3.05) is 20.7 Å². The van der Waals surface area contributed by atoms with Gasteiger partial charge in [0.25, 0.3) is 0 Å². The van der Waals surface area contributed by atoms with E-state index in [1.807, 2.05) is 7.05 Å². The fourth-order valence-corrected chi connectivity index (χ4v) is 0.794. The van der Waals surface area contributed by atoms with Crippen molar-refractivity contribution in [2.45, 2.75) is 25.9 Å². The Morgan fingerprint density at radius 1 is 1.56 bits per heavy atom. The van der Waals surface area contributed by atoms with E-state index in [-0.39, 0.29) is 0 Å². The Morgan fingerprint density at radius 2 is 2.22 bits per heavy atom. The van der Waals surface area contributed by atoms with E-state index in [4.69, 9.17) is 4.74 Å². The van der Waals surface area contributed by atoms with Crippen LogP contribution in [0.3, 0.4) is 0 Å². The number of hydrogen-bond donors (Lipinski definition) is 1. The number of methoxy groups -OCH3 is 1. The number of nitrogens with one attached hydrogen (secondary N) is 1. The monoisotopic (exact) mass is 131 g/mol. The van der Waals surface area contributed by atoms with Crippen molar-refractivity contribution in [2.24, 2.45) is 0 Å². The van der Waals surface area contributed by atoms with Crippen LogP contribution in [0.2, 0.25) is 0 Å². The van der Waals surface area contributed by atoms with E-state index in [0.29, 0.717) is 6.10 Å². The molecule has 0 bridgehead atoms. The molecule has 0 aromatic heterocycles. The van der Waals surface area contributed by atoms with Crippen molar-refractivity contribution in [3.05, 3.63) is 0 Å². The first kappa shape index (κ1) is 8.92. The molecule has 0 aliphatic carbocycles. The molecule has 0 saturated carbocycles. The predicted molar refractivity (Wildman–Crippen MR) is 39.6 cm³/mol. The Labute approximate surface area is 57.6 Å². The Bertz CT molecular complexity index is 52.9. The lowest BCUT2D eigenvalue weighted by atomic mass is 10.2. The molecule has 1 N–H and O–H groups in total. The molecule has 2 nitrogen and oxygen atoms in total. The van der Waals surface area contributed by atoms with Gasteiger partial charge in [0.1, 0.15) is 0 Å². The first-order valence-electron chi connectivity index (χ1n) is 3.52. The van der Waals surface area contributed by atoms with Crippen molar-refractivity contribution in [3.8, 4) is 0 Å². The smallest absolute Gasteiger partial charge is 0.0580 e. The molecule has 0 heterocycles. The van der Waals surface area contributed by atoms with Gasteiger partial charge >= 0.3 is 0 Å². The van der Waals surface area contributed by atoms with Gasteiger partial charge in [-0.25, -0.2) is 0 Å². The lowest BCUT2D eigenvalue weighted by molar-refractivity contribution is 0.0927. The molecule has 0 fully saturated rings. The summed E-state index contributed by atoms with van der Waals surface area (Å²) >= 11 is 0.